The molecule has 0 saturated carbocycles. The second-order valence-corrected chi connectivity index (χ2v) is 6.50. The van der Waals surface area contributed by atoms with Crippen molar-refractivity contribution in [1.82, 2.24) is 19.8 Å². The monoisotopic (exact) mass is 344 g/mol. The molecule has 1 aromatic heterocycles. The third-order valence-corrected chi connectivity index (χ3v) is 4.83. The van der Waals surface area contributed by atoms with Crippen molar-refractivity contribution in [2.75, 3.05) is 26.2 Å². The Balaban J connectivity index is 1.71. The molecule has 0 atom stereocenters. The van der Waals surface area contributed by atoms with Gasteiger partial charge in [-0.05, 0) is 44.0 Å². The Morgan fingerprint density at radius 1 is 1.24 bits per heavy atom. The maximum Gasteiger partial charge on any atom is 0.329 e. The fourth-order valence-electron chi connectivity index (χ4n) is 3.31. The molecule has 1 aliphatic heterocycles. The van der Waals surface area contributed by atoms with Gasteiger partial charge in [0.05, 0.1) is 10.9 Å². The molecule has 0 spiro atoms. The molecule has 0 bridgehead atoms. The second kappa shape index (κ2) is 7.65. The first-order valence-corrected chi connectivity index (χ1v) is 8.80. The molecular weight excluding hydrogens is 320 g/mol. The summed E-state index contributed by atoms with van der Waals surface area (Å²) in [6.45, 7) is 5.15. The molecule has 1 aliphatic rings. The van der Waals surface area contributed by atoms with Crippen molar-refractivity contribution >= 4 is 16.8 Å². The van der Waals surface area contributed by atoms with Gasteiger partial charge < -0.3 is 15.2 Å². The lowest BCUT2D eigenvalue weighted by atomic mass is 9.97. The van der Waals surface area contributed by atoms with Crippen LogP contribution in [0.4, 0.5) is 0 Å². The molecule has 1 aromatic carbocycles. The van der Waals surface area contributed by atoms with Gasteiger partial charge in [0.1, 0.15) is 6.54 Å². The van der Waals surface area contributed by atoms with Gasteiger partial charge in [0, 0.05) is 13.1 Å². The molecule has 1 fully saturated rings. The van der Waals surface area contributed by atoms with Crippen LogP contribution in [-0.2, 0) is 11.3 Å². The van der Waals surface area contributed by atoms with Crippen LogP contribution in [0.25, 0.3) is 10.9 Å². The number of hydrogen-bond acceptors (Lipinski definition) is 4. The van der Waals surface area contributed by atoms with E-state index in [4.69, 9.17) is 0 Å². The Morgan fingerprint density at radius 3 is 2.68 bits per heavy atom. The summed E-state index contributed by atoms with van der Waals surface area (Å²) in [5.41, 5.74) is -0.473. The smallest absolute Gasteiger partial charge is 0.329 e. The zero-order valence-electron chi connectivity index (χ0n) is 14.5. The number of aromatic amines is 1. The van der Waals surface area contributed by atoms with E-state index in [1.54, 1.807) is 29.2 Å². The first kappa shape index (κ1) is 17.4. The molecule has 0 radical (unpaired) electrons. The zero-order chi connectivity index (χ0) is 17.8. The number of nitrogens with zero attached hydrogens (tertiary/aromatic N) is 2. The highest BCUT2D eigenvalue weighted by Gasteiger charge is 2.23. The number of carbonyl (C=O) groups is 1. The summed E-state index contributed by atoms with van der Waals surface area (Å²) in [6.07, 6.45) is 1.89. The van der Waals surface area contributed by atoms with Crippen molar-refractivity contribution in [3.05, 3.63) is 45.1 Å². The van der Waals surface area contributed by atoms with E-state index in [9.17, 15) is 14.4 Å². The Kier molecular flexibility index (Phi) is 5.33. The number of amides is 1. The molecule has 7 heteroatoms. The SMILES string of the molecule is CCNCC1CCN(C(=O)Cn2c(=O)[nH]c3ccccc3c2=O)CC1. The summed E-state index contributed by atoms with van der Waals surface area (Å²) in [5, 5.41) is 3.76. The number of aromatic nitrogens is 2. The lowest BCUT2D eigenvalue weighted by Crippen LogP contribution is -2.45. The van der Waals surface area contributed by atoms with E-state index in [0.717, 1.165) is 30.5 Å². The topological polar surface area (TPSA) is 87.2 Å². The number of hydrogen-bond donors (Lipinski definition) is 2. The number of carbonyl (C=O) groups excluding carboxylic acids is 1. The minimum atomic E-state index is -0.543. The fraction of sp³-hybridized carbons (Fsp3) is 0.500. The van der Waals surface area contributed by atoms with Crippen LogP contribution in [0.15, 0.2) is 33.9 Å². The summed E-state index contributed by atoms with van der Waals surface area (Å²) >= 11 is 0. The summed E-state index contributed by atoms with van der Waals surface area (Å²) in [6, 6.07) is 6.83. The summed E-state index contributed by atoms with van der Waals surface area (Å²) < 4.78 is 0.995. The average Bonchev–Trinajstić information content (AvgIpc) is 2.63. The van der Waals surface area contributed by atoms with E-state index >= 15 is 0 Å². The van der Waals surface area contributed by atoms with Gasteiger partial charge in [-0.15, -0.1) is 0 Å². The number of benzene rings is 1. The van der Waals surface area contributed by atoms with Crippen molar-refractivity contribution in [2.24, 2.45) is 5.92 Å². The van der Waals surface area contributed by atoms with Crippen LogP contribution in [0.3, 0.4) is 0 Å². The molecule has 3 rings (SSSR count). The number of rotatable bonds is 5. The minimum Gasteiger partial charge on any atom is -0.341 e. The van der Waals surface area contributed by atoms with Gasteiger partial charge >= 0.3 is 5.69 Å². The van der Waals surface area contributed by atoms with Gasteiger partial charge in [-0.25, -0.2) is 4.79 Å². The van der Waals surface area contributed by atoms with E-state index in [2.05, 4.69) is 17.2 Å². The van der Waals surface area contributed by atoms with Crippen LogP contribution < -0.4 is 16.6 Å². The number of piperidine rings is 1. The van der Waals surface area contributed by atoms with E-state index in [1.165, 1.54) is 0 Å². The Hall–Kier alpha value is -2.41. The highest BCUT2D eigenvalue weighted by Crippen LogP contribution is 2.16. The molecule has 1 amide bonds. The van der Waals surface area contributed by atoms with Gasteiger partial charge in [-0.2, -0.15) is 0 Å². The number of H-pyrrole nitrogens is 1. The summed E-state index contributed by atoms with van der Waals surface area (Å²) in [5.74, 6) is 0.403. The summed E-state index contributed by atoms with van der Waals surface area (Å²) in [7, 11) is 0. The van der Waals surface area contributed by atoms with Crippen molar-refractivity contribution in [3.8, 4) is 0 Å². The van der Waals surface area contributed by atoms with Crippen molar-refractivity contribution in [3.63, 3.8) is 0 Å². The van der Waals surface area contributed by atoms with Gasteiger partial charge in [0.2, 0.25) is 5.91 Å². The van der Waals surface area contributed by atoms with Crippen molar-refractivity contribution in [2.45, 2.75) is 26.3 Å². The molecule has 2 N–H and O–H groups in total. The molecule has 134 valence electrons. The zero-order valence-corrected chi connectivity index (χ0v) is 14.5. The van der Waals surface area contributed by atoms with Crippen LogP contribution >= 0.6 is 0 Å². The Bertz CT molecular complexity index is 862. The van der Waals surface area contributed by atoms with Crippen LogP contribution in [0, 0.1) is 5.92 Å². The van der Waals surface area contributed by atoms with Crippen LogP contribution in [-0.4, -0.2) is 46.5 Å². The third kappa shape index (κ3) is 3.82. The number of fused-ring (bicyclic) bond motifs is 1. The molecule has 0 unspecified atom stereocenters. The lowest BCUT2D eigenvalue weighted by molar-refractivity contribution is -0.133. The van der Waals surface area contributed by atoms with Gasteiger partial charge in [-0.3, -0.25) is 14.2 Å². The molecule has 7 nitrogen and oxygen atoms in total. The number of likely N-dealkylation sites (tertiary alicyclic amines) is 1. The predicted octanol–water partition coefficient (Wildman–Crippen LogP) is 0.538. The van der Waals surface area contributed by atoms with Gasteiger partial charge in [-0.1, -0.05) is 19.1 Å². The standard InChI is InChI=1S/C18H24N4O3/c1-2-19-11-13-7-9-21(10-8-13)16(23)12-22-17(24)14-5-3-4-6-15(14)20-18(22)25/h3-6,13,19H,2,7-12H2,1H3,(H,20,25). The molecule has 2 heterocycles. The third-order valence-electron chi connectivity index (χ3n) is 4.83. The number of nitrogens with one attached hydrogen (secondary N) is 2. The van der Waals surface area contributed by atoms with Crippen LogP contribution in [0.1, 0.15) is 19.8 Å². The van der Waals surface area contributed by atoms with Gasteiger partial charge in [0.15, 0.2) is 0 Å². The van der Waals surface area contributed by atoms with E-state index in [-0.39, 0.29) is 12.5 Å². The quantitative estimate of drug-likeness (QED) is 0.829. The Morgan fingerprint density at radius 2 is 1.96 bits per heavy atom. The fourth-order valence-corrected chi connectivity index (χ4v) is 3.31. The lowest BCUT2D eigenvalue weighted by Gasteiger charge is -2.32. The maximum atomic E-state index is 12.5. The van der Waals surface area contributed by atoms with E-state index < -0.39 is 11.2 Å². The normalized spacial score (nSPS) is 15.6. The first-order chi connectivity index (χ1) is 12.1. The molecule has 25 heavy (non-hydrogen) atoms. The minimum absolute atomic E-state index is 0.176. The largest absolute Gasteiger partial charge is 0.341 e. The van der Waals surface area contributed by atoms with E-state index in [0.29, 0.717) is 29.9 Å². The summed E-state index contributed by atoms with van der Waals surface area (Å²) in [4.78, 5) is 41.6. The van der Waals surface area contributed by atoms with Gasteiger partial charge in [0.25, 0.3) is 5.56 Å². The van der Waals surface area contributed by atoms with Crippen LogP contribution in [0.2, 0.25) is 0 Å². The molecule has 0 aliphatic carbocycles. The van der Waals surface area contributed by atoms with E-state index in [1.807, 2.05) is 0 Å². The van der Waals surface area contributed by atoms with Crippen molar-refractivity contribution in [1.29, 1.82) is 0 Å². The highest BCUT2D eigenvalue weighted by molar-refractivity contribution is 5.79. The molecular formula is C18H24N4O3. The first-order valence-electron chi connectivity index (χ1n) is 8.80. The second-order valence-electron chi connectivity index (χ2n) is 6.50. The maximum absolute atomic E-state index is 12.5. The van der Waals surface area contributed by atoms with Crippen LogP contribution in [0.5, 0.6) is 0 Å². The molecule has 2 aromatic rings. The number of para-hydroxylation sites is 1. The molecule has 1 saturated heterocycles. The Labute approximate surface area is 145 Å². The van der Waals surface area contributed by atoms with Crippen molar-refractivity contribution < 1.29 is 4.79 Å². The average molecular weight is 344 g/mol. The highest BCUT2D eigenvalue weighted by atomic mass is 16.2. The predicted molar refractivity (Wildman–Crippen MR) is 96.7 cm³/mol.